The molecule has 0 unspecified atom stereocenters. The fourth-order valence-corrected chi connectivity index (χ4v) is 3.75. The minimum atomic E-state index is -0.450. The Balaban J connectivity index is 1.68. The van der Waals surface area contributed by atoms with Gasteiger partial charge in [0.25, 0.3) is 5.91 Å². The summed E-state index contributed by atoms with van der Waals surface area (Å²) in [6.45, 7) is 8.50. The first kappa shape index (κ1) is 21.5. The Kier molecular flexibility index (Phi) is 6.49. The number of amides is 1. The van der Waals surface area contributed by atoms with Crippen LogP contribution in [0.1, 0.15) is 47.9 Å². The fourth-order valence-electron chi connectivity index (χ4n) is 2.91. The summed E-state index contributed by atoms with van der Waals surface area (Å²) in [7, 11) is 0. The molecule has 2 aromatic carbocycles. The van der Waals surface area contributed by atoms with E-state index in [0.717, 1.165) is 16.9 Å². The van der Waals surface area contributed by atoms with Crippen molar-refractivity contribution in [3.05, 3.63) is 87.4 Å². The lowest BCUT2D eigenvalue weighted by molar-refractivity contribution is -0.112. The Bertz CT molecular complexity index is 1100. The van der Waals surface area contributed by atoms with Crippen molar-refractivity contribution in [3.63, 3.8) is 0 Å². The van der Waals surface area contributed by atoms with Crippen molar-refractivity contribution in [2.45, 2.75) is 39.5 Å². The Morgan fingerprint density at radius 1 is 1.13 bits per heavy atom. The van der Waals surface area contributed by atoms with Gasteiger partial charge in [0.1, 0.15) is 11.6 Å². The number of nitrogens with one attached hydrogen (secondary N) is 1. The number of aryl methyl sites for hydroxylation is 1. The minimum absolute atomic E-state index is 0.0498. The third-order valence-electron chi connectivity index (χ3n) is 4.73. The van der Waals surface area contributed by atoms with Crippen molar-refractivity contribution < 1.29 is 4.79 Å². The molecule has 0 aliphatic carbocycles. The number of hydrogen-bond donors (Lipinski definition) is 1. The highest BCUT2D eigenvalue weighted by molar-refractivity contribution is 7.15. The summed E-state index contributed by atoms with van der Waals surface area (Å²) in [4.78, 5) is 17.9. The van der Waals surface area contributed by atoms with Crippen molar-refractivity contribution in [2.24, 2.45) is 0 Å². The lowest BCUT2D eigenvalue weighted by atomic mass is 9.86. The minimum Gasteiger partial charge on any atom is -0.297 e. The zero-order chi connectivity index (χ0) is 21.7. The van der Waals surface area contributed by atoms with E-state index in [2.05, 4.69) is 62.3 Å². The van der Waals surface area contributed by atoms with Crippen molar-refractivity contribution >= 4 is 28.5 Å². The van der Waals surface area contributed by atoms with Gasteiger partial charge in [-0.2, -0.15) is 5.26 Å². The highest BCUT2D eigenvalue weighted by Gasteiger charge is 2.14. The maximum atomic E-state index is 12.5. The zero-order valence-electron chi connectivity index (χ0n) is 17.7. The Labute approximate surface area is 181 Å². The van der Waals surface area contributed by atoms with Crippen molar-refractivity contribution in [1.82, 2.24) is 4.98 Å². The molecular formula is C25H25N3OS. The molecule has 3 aromatic rings. The molecular weight excluding hydrogens is 390 g/mol. The summed E-state index contributed by atoms with van der Waals surface area (Å²) in [6, 6.07) is 18.2. The second-order valence-corrected chi connectivity index (χ2v) is 9.41. The molecule has 1 heterocycles. The van der Waals surface area contributed by atoms with Gasteiger partial charge in [0.2, 0.25) is 0 Å². The fraction of sp³-hybridized carbons (Fsp3) is 0.240. The molecule has 3 rings (SSSR count). The van der Waals surface area contributed by atoms with Gasteiger partial charge in [-0.3, -0.25) is 10.1 Å². The maximum Gasteiger partial charge on any atom is 0.268 e. The summed E-state index contributed by atoms with van der Waals surface area (Å²) < 4.78 is 0. The molecule has 30 heavy (non-hydrogen) atoms. The number of rotatable bonds is 5. The molecule has 0 spiro atoms. The molecule has 1 aromatic heterocycles. The number of anilines is 1. The Morgan fingerprint density at radius 2 is 1.80 bits per heavy atom. The van der Waals surface area contributed by atoms with Crippen LogP contribution in [-0.2, 0) is 16.6 Å². The molecule has 0 aliphatic rings. The summed E-state index contributed by atoms with van der Waals surface area (Å²) in [5.74, 6) is -0.450. The van der Waals surface area contributed by atoms with Crippen LogP contribution >= 0.6 is 11.3 Å². The summed E-state index contributed by atoms with van der Waals surface area (Å²) in [5, 5.41) is 12.7. The molecule has 5 heteroatoms. The van der Waals surface area contributed by atoms with E-state index in [9.17, 15) is 10.1 Å². The average Bonchev–Trinajstić information content (AvgIpc) is 3.14. The van der Waals surface area contributed by atoms with Crippen LogP contribution in [-0.4, -0.2) is 10.9 Å². The van der Waals surface area contributed by atoms with E-state index < -0.39 is 5.91 Å². The SMILES string of the molecule is Cc1ccc(Cc2cnc(NC(=O)C(C#N)=Cc3ccc(C(C)(C)C)cc3)s2)cc1. The first-order valence-electron chi connectivity index (χ1n) is 9.78. The molecule has 0 saturated heterocycles. The number of nitrogens with zero attached hydrogens (tertiary/aromatic N) is 2. The normalized spacial score (nSPS) is 11.8. The van der Waals surface area contributed by atoms with Crippen molar-refractivity contribution in [1.29, 1.82) is 5.26 Å². The lowest BCUT2D eigenvalue weighted by Crippen LogP contribution is -2.13. The molecule has 4 nitrogen and oxygen atoms in total. The van der Waals surface area contributed by atoms with E-state index in [-0.39, 0.29) is 11.0 Å². The molecule has 0 saturated carbocycles. The van der Waals surface area contributed by atoms with Crippen LogP contribution in [0.4, 0.5) is 5.13 Å². The predicted octanol–water partition coefficient (Wildman–Crippen LogP) is 5.89. The second kappa shape index (κ2) is 9.06. The lowest BCUT2D eigenvalue weighted by Gasteiger charge is -2.18. The maximum absolute atomic E-state index is 12.5. The number of thiazole rings is 1. The smallest absolute Gasteiger partial charge is 0.268 e. The molecule has 0 fully saturated rings. The summed E-state index contributed by atoms with van der Waals surface area (Å²) in [6.07, 6.45) is 4.12. The van der Waals surface area contributed by atoms with Crippen molar-refractivity contribution in [3.8, 4) is 6.07 Å². The van der Waals surface area contributed by atoms with Gasteiger partial charge in [-0.15, -0.1) is 11.3 Å². The number of carbonyl (C=O) groups is 1. The molecule has 0 aliphatic heterocycles. The molecule has 0 bridgehead atoms. The number of hydrogen-bond acceptors (Lipinski definition) is 4. The van der Waals surface area contributed by atoms with Crippen LogP contribution in [0.2, 0.25) is 0 Å². The van der Waals surface area contributed by atoms with E-state index in [1.165, 1.54) is 28.0 Å². The van der Waals surface area contributed by atoms with E-state index in [1.807, 2.05) is 30.3 Å². The van der Waals surface area contributed by atoms with E-state index >= 15 is 0 Å². The molecule has 0 atom stereocenters. The number of nitriles is 1. The van der Waals surface area contributed by atoms with E-state index in [4.69, 9.17) is 0 Å². The quantitative estimate of drug-likeness (QED) is 0.418. The number of carbonyl (C=O) groups excluding carboxylic acids is 1. The van der Waals surface area contributed by atoms with Crippen LogP contribution in [0, 0.1) is 18.3 Å². The third-order valence-corrected chi connectivity index (χ3v) is 5.64. The van der Waals surface area contributed by atoms with Gasteiger partial charge in [-0.25, -0.2) is 4.98 Å². The van der Waals surface area contributed by atoms with Gasteiger partial charge >= 0.3 is 0 Å². The van der Waals surface area contributed by atoms with E-state index in [1.54, 1.807) is 12.3 Å². The van der Waals surface area contributed by atoms with Crippen LogP contribution in [0.3, 0.4) is 0 Å². The van der Waals surface area contributed by atoms with Gasteiger partial charge in [0.05, 0.1) is 0 Å². The van der Waals surface area contributed by atoms with Crippen molar-refractivity contribution in [2.75, 3.05) is 5.32 Å². The van der Waals surface area contributed by atoms with Crippen LogP contribution in [0.5, 0.6) is 0 Å². The predicted molar refractivity (Wildman–Crippen MR) is 123 cm³/mol. The van der Waals surface area contributed by atoms with E-state index in [0.29, 0.717) is 5.13 Å². The third kappa shape index (κ3) is 5.65. The number of aromatic nitrogens is 1. The van der Waals surface area contributed by atoms with Gasteiger partial charge in [-0.1, -0.05) is 74.9 Å². The highest BCUT2D eigenvalue weighted by atomic mass is 32.1. The van der Waals surface area contributed by atoms with Gasteiger partial charge < -0.3 is 0 Å². The Morgan fingerprint density at radius 3 is 2.40 bits per heavy atom. The molecule has 0 radical (unpaired) electrons. The molecule has 1 N–H and O–H groups in total. The largest absolute Gasteiger partial charge is 0.297 e. The topological polar surface area (TPSA) is 65.8 Å². The summed E-state index contributed by atoms with van der Waals surface area (Å²) in [5.41, 5.74) is 4.53. The van der Waals surface area contributed by atoms with Crippen LogP contribution in [0.25, 0.3) is 6.08 Å². The van der Waals surface area contributed by atoms with Crippen LogP contribution < -0.4 is 5.32 Å². The zero-order valence-corrected chi connectivity index (χ0v) is 18.5. The monoisotopic (exact) mass is 415 g/mol. The van der Waals surface area contributed by atoms with Gasteiger partial charge in [0.15, 0.2) is 5.13 Å². The first-order valence-corrected chi connectivity index (χ1v) is 10.6. The number of benzene rings is 2. The average molecular weight is 416 g/mol. The standard InChI is InChI=1S/C25H25N3OS/c1-17-5-7-19(8-6-17)14-22-16-27-24(30-22)28-23(29)20(15-26)13-18-9-11-21(12-10-18)25(2,3)4/h5-13,16H,14H2,1-4H3,(H,27,28,29). The van der Waals surface area contributed by atoms with Gasteiger partial charge in [0, 0.05) is 17.5 Å². The second-order valence-electron chi connectivity index (χ2n) is 8.29. The Hall–Kier alpha value is -3.23. The molecule has 1 amide bonds. The first-order chi connectivity index (χ1) is 14.2. The van der Waals surface area contributed by atoms with Gasteiger partial charge in [-0.05, 0) is 35.1 Å². The van der Waals surface area contributed by atoms with Crippen LogP contribution in [0.15, 0.2) is 60.3 Å². The molecule has 152 valence electrons. The highest BCUT2D eigenvalue weighted by Crippen LogP contribution is 2.24. The summed E-state index contributed by atoms with van der Waals surface area (Å²) >= 11 is 1.42.